The Balaban J connectivity index is 1.37. The minimum Gasteiger partial charge on any atom is -0.389 e. The molecule has 3 aliphatic rings. The maximum Gasteiger partial charge on any atom is 0.329 e. The number of aliphatic hydroxyl groups is 1. The van der Waals surface area contributed by atoms with E-state index in [2.05, 4.69) is 5.32 Å². The summed E-state index contributed by atoms with van der Waals surface area (Å²) in [5.41, 5.74) is -1.12. The van der Waals surface area contributed by atoms with E-state index < -0.39 is 46.7 Å². The van der Waals surface area contributed by atoms with Gasteiger partial charge in [0.25, 0.3) is 5.91 Å². The van der Waals surface area contributed by atoms with Gasteiger partial charge >= 0.3 is 6.03 Å². The van der Waals surface area contributed by atoms with Crippen LogP contribution >= 0.6 is 0 Å². The molecule has 4 rings (SSSR count). The monoisotopic (exact) mass is 439 g/mol. The number of piperidine rings is 1. The molecule has 1 saturated carbocycles. The van der Waals surface area contributed by atoms with Gasteiger partial charge in [0.1, 0.15) is 6.04 Å². The van der Waals surface area contributed by atoms with Crippen molar-refractivity contribution in [2.45, 2.75) is 56.6 Å². The standard InChI is InChI=1S/C21H24F3N3O4/c22-14-9-13(10-15(23)18(14)24)27-19(29)16(25-20(27)30)4-5-17(28)26-8-7-21(31)6-2-1-3-12(21)11-26/h9-10,12,16,31H,1-8,11H2,(H,25,30)/t12-,16+,21-/m1/s1. The summed E-state index contributed by atoms with van der Waals surface area (Å²) >= 11 is 0. The molecule has 1 aromatic carbocycles. The first-order valence-corrected chi connectivity index (χ1v) is 10.5. The maximum absolute atomic E-state index is 13.5. The van der Waals surface area contributed by atoms with Crippen molar-refractivity contribution in [3.05, 3.63) is 29.6 Å². The van der Waals surface area contributed by atoms with Crippen LogP contribution in [0, 0.1) is 23.4 Å². The molecule has 2 heterocycles. The van der Waals surface area contributed by atoms with Crippen molar-refractivity contribution in [1.29, 1.82) is 0 Å². The van der Waals surface area contributed by atoms with E-state index in [4.69, 9.17) is 0 Å². The minimum atomic E-state index is -1.69. The van der Waals surface area contributed by atoms with Crippen LogP contribution in [-0.4, -0.2) is 52.6 Å². The number of likely N-dealkylation sites (tertiary alicyclic amines) is 1. The number of nitrogens with one attached hydrogen (secondary N) is 1. The first-order valence-electron chi connectivity index (χ1n) is 10.5. The SMILES string of the molecule is O=C(CC[C@@H]1NC(=O)N(c2cc(F)c(F)c(F)c2)C1=O)N1CC[C@]2(O)CCCC[C@@H]2C1. The Morgan fingerprint density at radius 3 is 2.58 bits per heavy atom. The number of anilines is 1. The number of carbonyl (C=O) groups is 3. The van der Waals surface area contributed by atoms with E-state index in [1.807, 2.05) is 0 Å². The number of halogens is 3. The molecule has 7 nitrogen and oxygen atoms in total. The number of hydrogen-bond acceptors (Lipinski definition) is 4. The molecule has 0 bridgehead atoms. The molecule has 0 radical (unpaired) electrons. The Morgan fingerprint density at radius 1 is 1.16 bits per heavy atom. The zero-order valence-electron chi connectivity index (χ0n) is 16.9. The Kier molecular flexibility index (Phi) is 5.67. The second-order valence-corrected chi connectivity index (χ2v) is 8.57. The summed E-state index contributed by atoms with van der Waals surface area (Å²) in [7, 11) is 0. The molecule has 1 aliphatic carbocycles. The second-order valence-electron chi connectivity index (χ2n) is 8.57. The molecular formula is C21H24F3N3O4. The molecule has 2 aliphatic heterocycles. The van der Waals surface area contributed by atoms with Crippen LogP contribution < -0.4 is 10.2 Å². The lowest BCUT2D eigenvalue weighted by atomic mass is 9.71. The number of imide groups is 1. The molecule has 2 N–H and O–H groups in total. The lowest BCUT2D eigenvalue weighted by Crippen LogP contribution is -2.54. The zero-order chi connectivity index (χ0) is 22.3. The molecule has 3 atom stereocenters. The average Bonchev–Trinajstić information content (AvgIpc) is 3.02. The highest BCUT2D eigenvalue weighted by Crippen LogP contribution is 2.40. The molecule has 3 fully saturated rings. The van der Waals surface area contributed by atoms with Gasteiger partial charge in [-0.05, 0) is 25.7 Å². The van der Waals surface area contributed by atoms with Crippen molar-refractivity contribution in [2.75, 3.05) is 18.0 Å². The third kappa shape index (κ3) is 4.00. The third-order valence-corrected chi connectivity index (χ3v) is 6.67. The highest BCUT2D eigenvalue weighted by atomic mass is 19.2. The van der Waals surface area contributed by atoms with Gasteiger partial charge < -0.3 is 15.3 Å². The highest BCUT2D eigenvalue weighted by molar-refractivity contribution is 6.21. The first kappa shape index (κ1) is 21.6. The molecule has 2 saturated heterocycles. The lowest BCUT2D eigenvalue weighted by Gasteiger charge is -2.47. The van der Waals surface area contributed by atoms with Crippen LogP contribution in [0.4, 0.5) is 23.7 Å². The molecule has 0 spiro atoms. The number of hydrogen-bond donors (Lipinski definition) is 2. The Morgan fingerprint density at radius 2 is 1.87 bits per heavy atom. The highest BCUT2D eigenvalue weighted by Gasteiger charge is 2.44. The molecule has 4 amide bonds. The summed E-state index contributed by atoms with van der Waals surface area (Å²) in [6.07, 6.45) is 4.19. The predicted octanol–water partition coefficient (Wildman–Crippen LogP) is 2.46. The van der Waals surface area contributed by atoms with Gasteiger partial charge in [0.05, 0.1) is 11.3 Å². The molecule has 0 unspecified atom stereocenters. The lowest BCUT2D eigenvalue weighted by molar-refractivity contribution is -0.143. The van der Waals surface area contributed by atoms with E-state index in [0.29, 0.717) is 36.5 Å². The smallest absolute Gasteiger partial charge is 0.329 e. The predicted molar refractivity (Wildman–Crippen MR) is 103 cm³/mol. The van der Waals surface area contributed by atoms with E-state index in [0.717, 1.165) is 25.7 Å². The number of nitrogens with zero attached hydrogens (tertiary/aromatic N) is 2. The number of amides is 4. The van der Waals surface area contributed by atoms with Crippen LogP contribution in [0.5, 0.6) is 0 Å². The second kappa shape index (κ2) is 8.14. The van der Waals surface area contributed by atoms with E-state index >= 15 is 0 Å². The van der Waals surface area contributed by atoms with Crippen molar-refractivity contribution in [3.8, 4) is 0 Å². The molecule has 0 aromatic heterocycles. The summed E-state index contributed by atoms with van der Waals surface area (Å²) in [6, 6.07) is -0.771. The van der Waals surface area contributed by atoms with Gasteiger partial charge in [0, 0.05) is 37.6 Å². The Bertz CT molecular complexity index is 904. The van der Waals surface area contributed by atoms with Gasteiger partial charge in [-0.25, -0.2) is 22.9 Å². The van der Waals surface area contributed by atoms with Gasteiger partial charge in [0.15, 0.2) is 17.5 Å². The fourth-order valence-electron chi connectivity index (χ4n) is 4.87. The summed E-state index contributed by atoms with van der Waals surface area (Å²) in [6.45, 7) is 0.914. The number of fused-ring (bicyclic) bond motifs is 1. The summed E-state index contributed by atoms with van der Waals surface area (Å²) in [4.78, 5) is 39.7. The molecular weight excluding hydrogens is 415 g/mol. The van der Waals surface area contributed by atoms with Gasteiger partial charge in [-0.2, -0.15) is 0 Å². The van der Waals surface area contributed by atoms with Gasteiger partial charge in [-0.15, -0.1) is 0 Å². The minimum absolute atomic E-state index is 0.00180. The largest absolute Gasteiger partial charge is 0.389 e. The van der Waals surface area contributed by atoms with Gasteiger partial charge in [-0.1, -0.05) is 12.8 Å². The van der Waals surface area contributed by atoms with E-state index in [-0.39, 0.29) is 24.7 Å². The average molecular weight is 439 g/mol. The molecule has 1 aromatic rings. The van der Waals surface area contributed by atoms with Crippen LogP contribution in [0.1, 0.15) is 44.9 Å². The van der Waals surface area contributed by atoms with Gasteiger partial charge in [0.2, 0.25) is 5.91 Å². The quantitative estimate of drug-likeness (QED) is 0.557. The molecule has 31 heavy (non-hydrogen) atoms. The van der Waals surface area contributed by atoms with Crippen LogP contribution in [0.25, 0.3) is 0 Å². The van der Waals surface area contributed by atoms with Crippen molar-refractivity contribution in [2.24, 2.45) is 5.92 Å². The summed E-state index contributed by atoms with van der Waals surface area (Å²) in [5, 5.41) is 13.1. The number of carbonyl (C=O) groups excluding carboxylic acids is 3. The Labute approximate surface area is 177 Å². The fraction of sp³-hybridized carbons (Fsp3) is 0.571. The van der Waals surface area contributed by atoms with Crippen LogP contribution in [0.15, 0.2) is 12.1 Å². The molecule has 168 valence electrons. The van der Waals surface area contributed by atoms with E-state index in [1.165, 1.54) is 0 Å². The van der Waals surface area contributed by atoms with Crippen LogP contribution in [0.3, 0.4) is 0 Å². The molecule has 10 heteroatoms. The third-order valence-electron chi connectivity index (χ3n) is 6.67. The number of urea groups is 1. The van der Waals surface area contributed by atoms with Crippen LogP contribution in [-0.2, 0) is 9.59 Å². The van der Waals surface area contributed by atoms with Crippen molar-refractivity contribution >= 4 is 23.5 Å². The fourth-order valence-corrected chi connectivity index (χ4v) is 4.87. The van der Waals surface area contributed by atoms with E-state index in [1.54, 1.807) is 4.90 Å². The Hall–Kier alpha value is -2.62. The maximum atomic E-state index is 13.5. The van der Waals surface area contributed by atoms with Crippen LogP contribution in [0.2, 0.25) is 0 Å². The topological polar surface area (TPSA) is 90.0 Å². The summed E-state index contributed by atoms with van der Waals surface area (Å²) in [5.74, 6) is -5.60. The van der Waals surface area contributed by atoms with Crippen molar-refractivity contribution in [3.63, 3.8) is 0 Å². The normalized spacial score (nSPS) is 28.5. The van der Waals surface area contributed by atoms with Gasteiger partial charge in [-0.3, -0.25) is 9.59 Å². The summed E-state index contributed by atoms with van der Waals surface area (Å²) < 4.78 is 40.2. The number of rotatable bonds is 4. The van der Waals surface area contributed by atoms with E-state index in [9.17, 15) is 32.7 Å². The first-order chi connectivity index (χ1) is 14.7. The number of benzene rings is 1. The van der Waals surface area contributed by atoms with Crippen molar-refractivity contribution in [1.82, 2.24) is 10.2 Å². The zero-order valence-corrected chi connectivity index (χ0v) is 16.9. The van der Waals surface area contributed by atoms with Crippen molar-refractivity contribution < 1.29 is 32.7 Å².